The van der Waals surface area contributed by atoms with Crippen molar-refractivity contribution in [1.29, 1.82) is 0 Å². The van der Waals surface area contributed by atoms with E-state index in [1.165, 1.54) is 25.3 Å². The molecule has 0 aliphatic rings. The Balaban J connectivity index is 2.39. The van der Waals surface area contributed by atoms with Crippen LogP contribution in [0.5, 0.6) is 0 Å². The maximum Gasteiger partial charge on any atom is 0.337 e. The van der Waals surface area contributed by atoms with Crippen LogP contribution in [0.25, 0.3) is 11.1 Å². The molecule has 0 unspecified atom stereocenters. The second-order valence-electron chi connectivity index (χ2n) is 3.99. The van der Waals surface area contributed by atoms with Crippen LogP contribution in [0.15, 0.2) is 42.5 Å². The maximum atomic E-state index is 13.2. The predicted molar refractivity (Wildman–Crippen MR) is 69.8 cm³/mol. The van der Waals surface area contributed by atoms with Gasteiger partial charge in [-0.1, -0.05) is 18.2 Å². The molecule has 0 fully saturated rings. The molecule has 0 aromatic heterocycles. The minimum atomic E-state index is -0.884. The average molecular weight is 275 g/mol. The first-order valence-electron chi connectivity index (χ1n) is 5.65. The number of carbonyl (C=O) groups excluding carboxylic acids is 1. The highest BCUT2D eigenvalue weighted by Gasteiger charge is 2.15. The highest BCUT2D eigenvalue weighted by atomic mass is 19.1. The number of ether oxygens (including phenoxy) is 1. The van der Waals surface area contributed by atoms with E-state index in [0.29, 0.717) is 16.7 Å². The number of benzene rings is 2. The fourth-order valence-corrected chi connectivity index (χ4v) is 1.75. The van der Waals surface area contributed by atoms with Gasteiger partial charge in [-0.05, 0) is 29.3 Å². The normalized spacial score (nSPS) is 10.1. The van der Waals surface area contributed by atoms with E-state index >= 15 is 0 Å². The third-order valence-corrected chi connectivity index (χ3v) is 2.78. The summed E-state index contributed by atoms with van der Waals surface area (Å²) in [5, 5.41) is 10.7. The highest BCUT2D eigenvalue weighted by Crippen LogP contribution is 2.26. The lowest BCUT2D eigenvalue weighted by Gasteiger charge is -2.04. The lowest BCUT2D eigenvalue weighted by molar-refractivity contribution is -0.387. The molecule has 0 atom stereocenters. The number of carbonyl (C=O) groups is 1. The monoisotopic (exact) mass is 275 g/mol. The summed E-state index contributed by atoms with van der Waals surface area (Å²) in [7, 11) is 1.28. The third-order valence-electron chi connectivity index (χ3n) is 2.78. The van der Waals surface area contributed by atoms with Crippen molar-refractivity contribution < 1.29 is 18.8 Å². The molecular formula is C14H10FNO4. The van der Waals surface area contributed by atoms with Crippen LogP contribution in [-0.4, -0.2) is 18.0 Å². The van der Waals surface area contributed by atoms with E-state index in [0.717, 1.165) is 12.1 Å². The molecule has 0 bridgehead atoms. The van der Waals surface area contributed by atoms with Crippen molar-refractivity contribution in [3.05, 3.63) is 64.0 Å². The van der Waals surface area contributed by atoms with Gasteiger partial charge in [0.1, 0.15) is 0 Å². The first-order valence-corrected chi connectivity index (χ1v) is 5.65. The van der Waals surface area contributed by atoms with E-state index in [4.69, 9.17) is 0 Å². The molecule has 0 amide bonds. The zero-order valence-corrected chi connectivity index (χ0v) is 10.5. The van der Waals surface area contributed by atoms with Crippen LogP contribution in [0.1, 0.15) is 10.4 Å². The Morgan fingerprint density at radius 1 is 1.15 bits per heavy atom. The lowest BCUT2D eigenvalue weighted by Crippen LogP contribution is -2.00. The van der Waals surface area contributed by atoms with Crippen molar-refractivity contribution >= 4 is 11.7 Å². The van der Waals surface area contributed by atoms with Crippen LogP contribution in [0.2, 0.25) is 0 Å². The summed E-state index contributed by atoms with van der Waals surface area (Å²) in [6.45, 7) is 0. The zero-order valence-electron chi connectivity index (χ0n) is 10.5. The first kappa shape index (κ1) is 13.7. The van der Waals surface area contributed by atoms with E-state index in [2.05, 4.69) is 4.74 Å². The number of nitro groups is 1. The van der Waals surface area contributed by atoms with E-state index in [1.54, 1.807) is 12.1 Å². The Bertz CT molecular complexity index is 667. The highest BCUT2D eigenvalue weighted by molar-refractivity contribution is 5.90. The largest absolute Gasteiger partial charge is 0.465 e. The molecule has 2 rings (SSSR count). The molecule has 2 aromatic carbocycles. The Kier molecular flexibility index (Phi) is 3.74. The standard InChI is InChI=1S/C14H10FNO4/c1-20-14(17)10-4-2-9(3-5-10)11-6-7-12(15)13(8-11)16(18)19/h2-8H,1H3. The second kappa shape index (κ2) is 5.48. The quantitative estimate of drug-likeness (QED) is 0.490. The van der Waals surface area contributed by atoms with E-state index in [-0.39, 0.29) is 0 Å². The van der Waals surface area contributed by atoms with Crippen LogP contribution < -0.4 is 0 Å². The van der Waals surface area contributed by atoms with Gasteiger partial charge in [-0.25, -0.2) is 4.79 Å². The van der Waals surface area contributed by atoms with Gasteiger partial charge in [0, 0.05) is 6.07 Å². The summed E-state index contributed by atoms with van der Waals surface area (Å²) in [5.74, 6) is -1.36. The zero-order chi connectivity index (χ0) is 14.7. The molecular weight excluding hydrogens is 265 g/mol. The molecule has 20 heavy (non-hydrogen) atoms. The maximum absolute atomic E-state index is 13.2. The number of esters is 1. The van der Waals surface area contributed by atoms with Gasteiger partial charge < -0.3 is 4.74 Å². The van der Waals surface area contributed by atoms with Crippen LogP contribution in [0, 0.1) is 15.9 Å². The van der Waals surface area contributed by atoms with Gasteiger partial charge >= 0.3 is 11.7 Å². The molecule has 0 N–H and O–H groups in total. The Morgan fingerprint density at radius 2 is 1.75 bits per heavy atom. The van der Waals surface area contributed by atoms with E-state index in [1.807, 2.05) is 0 Å². The van der Waals surface area contributed by atoms with Crippen LogP contribution in [0.3, 0.4) is 0 Å². The molecule has 6 heteroatoms. The molecule has 102 valence electrons. The number of methoxy groups -OCH3 is 1. The molecule has 0 radical (unpaired) electrons. The first-order chi connectivity index (χ1) is 9.52. The smallest absolute Gasteiger partial charge is 0.337 e. The predicted octanol–water partition coefficient (Wildman–Crippen LogP) is 3.19. The average Bonchev–Trinajstić information content (AvgIpc) is 2.47. The summed E-state index contributed by atoms with van der Waals surface area (Å²) >= 11 is 0. The van der Waals surface area contributed by atoms with Crippen LogP contribution in [0.4, 0.5) is 10.1 Å². The molecule has 0 heterocycles. The number of hydrogen-bond donors (Lipinski definition) is 0. The molecule has 0 saturated carbocycles. The van der Waals surface area contributed by atoms with Crippen molar-refractivity contribution in [1.82, 2.24) is 0 Å². The number of nitro benzene ring substituents is 1. The summed E-state index contributed by atoms with van der Waals surface area (Å²) in [6, 6.07) is 9.94. The molecule has 0 aliphatic heterocycles. The lowest BCUT2D eigenvalue weighted by atomic mass is 10.0. The van der Waals surface area contributed by atoms with Gasteiger partial charge in [0.15, 0.2) is 0 Å². The topological polar surface area (TPSA) is 69.4 Å². The molecule has 0 saturated heterocycles. The number of hydrogen-bond acceptors (Lipinski definition) is 4. The van der Waals surface area contributed by atoms with Gasteiger partial charge in [-0.15, -0.1) is 0 Å². The Labute approximate surface area is 113 Å². The van der Waals surface area contributed by atoms with Crippen molar-refractivity contribution in [3.63, 3.8) is 0 Å². The van der Waals surface area contributed by atoms with Crippen molar-refractivity contribution in [2.24, 2.45) is 0 Å². The summed E-state index contributed by atoms with van der Waals surface area (Å²) < 4.78 is 17.8. The Morgan fingerprint density at radius 3 is 2.30 bits per heavy atom. The van der Waals surface area contributed by atoms with E-state index < -0.39 is 22.4 Å². The van der Waals surface area contributed by atoms with Gasteiger partial charge in [-0.3, -0.25) is 10.1 Å². The summed E-state index contributed by atoms with van der Waals surface area (Å²) in [5.41, 5.74) is 0.919. The second-order valence-corrected chi connectivity index (χ2v) is 3.99. The molecule has 0 spiro atoms. The van der Waals surface area contributed by atoms with Crippen LogP contribution in [-0.2, 0) is 4.74 Å². The number of nitrogens with zero attached hydrogens (tertiary/aromatic N) is 1. The van der Waals surface area contributed by atoms with Crippen molar-refractivity contribution in [2.45, 2.75) is 0 Å². The van der Waals surface area contributed by atoms with E-state index in [9.17, 15) is 19.3 Å². The Hall–Kier alpha value is -2.76. The minimum Gasteiger partial charge on any atom is -0.465 e. The molecule has 5 nitrogen and oxygen atoms in total. The molecule has 0 aliphatic carbocycles. The van der Waals surface area contributed by atoms with Gasteiger partial charge in [-0.2, -0.15) is 4.39 Å². The SMILES string of the molecule is COC(=O)c1ccc(-c2ccc(F)c([N+](=O)[O-])c2)cc1. The molecule has 2 aromatic rings. The fourth-order valence-electron chi connectivity index (χ4n) is 1.75. The summed E-state index contributed by atoms with van der Waals surface area (Å²) in [6.07, 6.45) is 0. The third kappa shape index (κ3) is 2.64. The fraction of sp³-hybridized carbons (Fsp3) is 0.0714. The van der Waals surface area contributed by atoms with Gasteiger partial charge in [0.25, 0.3) is 0 Å². The summed E-state index contributed by atoms with van der Waals surface area (Å²) in [4.78, 5) is 21.2. The van der Waals surface area contributed by atoms with Crippen LogP contribution >= 0.6 is 0 Å². The van der Waals surface area contributed by atoms with Gasteiger partial charge in [0.05, 0.1) is 17.6 Å². The van der Waals surface area contributed by atoms with Crippen molar-refractivity contribution in [2.75, 3.05) is 7.11 Å². The number of rotatable bonds is 3. The van der Waals surface area contributed by atoms with Crippen molar-refractivity contribution in [3.8, 4) is 11.1 Å². The van der Waals surface area contributed by atoms with Gasteiger partial charge in [0.2, 0.25) is 5.82 Å². The number of halogens is 1. The minimum absolute atomic E-state index is 0.368.